The van der Waals surface area contributed by atoms with Gasteiger partial charge < -0.3 is 14.2 Å². The average Bonchev–Trinajstić information content (AvgIpc) is 3.06. The number of nitrogens with zero attached hydrogens (tertiary/aromatic N) is 3. The van der Waals surface area contributed by atoms with Crippen LogP contribution in [0.3, 0.4) is 0 Å². The van der Waals surface area contributed by atoms with E-state index in [1.54, 1.807) is 18.3 Å². The van der Waals surface area contributed by atoms with E-state index in [1.807, 2.05) is 29.1 Å². The summed E-state index contributed by atoms with van der Waals surface area (Å²) in [6, 6.07) is 7.25. The van der Waals surface area contributed by atoms with Crippen LogP contribution >= 0.6 is 0 Å². The fourth-order valence-electron chi connectivity index (χ4n) is 2.50. The van der Waals surface area contributed by atoms with Crippen molar-refractivity contribution in [3.8, 4) is 0 Å². The number of imidazole rings is 1. The van der Waals surface area contributed by atoms with Crippen molar-refractivity contribution in [2.24, 2.45) is 0 Å². The maximum absolute atomic E-state index is 11.4. The molecule has 0 saturated carbocycles. The number of hydrogen-bond acceptors (Lipinski definition) is 2. The van der Waals surface area contributed by atoms with Gasteiger partial charge >= 0.3 is 5.97 Å². The van der Waals surface area contributed by atoms with Crippen molar-refractivity contribution >= 4 is 16.9 Å². The summed E-state index contributed by atoms with van der Waals surface area (Å²) < 4.78 is 3.99. The number of fused-ring (bicyclic) bond motifs is 1. The molecule has 3 aromatic rings. The van der Waals surface area contributed by atoms with Crippen molar-refractivity contribution in [2.45, 2.75) is 20.0 Å². The molecule has 2 aromatic heterocycles. The lowest BCUT2D eigenvalue weighted by atomic mass is 10.1. The minimum absolute atomic E-state index is 0.321. The number of hydrogen-bond donors (Lipinski definition) is 1. The summed E-state index contributed by atoms with van der Waals surface area (Å²) in [7, 11) is 0. The molecule has 0 aliphatic heterocycles. The molecule has 0 fully saturated rings. The molecule has 0 saturated heterocycles. The molecule has 0 spiro atoms. The fraction of sp³-hybridized carbons (Fsp3) is 0.200. The lowest BCUT2D eigenvalue weighted by molar-refractivity contribution is 0.0698. The van der Waals surface area contributed by atoms with Crippen LogP contribution in [-0.4, -0.2) is 25.2 Å². The Morgan fingerprint density at radius 2 is 2.10 bits per heavy atom. The zero-order chi connectivity index (χ0) is 14.1. The predicted octanol–water partition coefficient (Wildman–Crippen LogP) is 2.60. The molecule has 0 amide bonds. The number of carbonyl (C=O) groups is 1. The van der Waals surface area contributed by atoms with Crippen LogP contribution in [0.5, 0.6) is 0 Å². The quantitative estimate of drug-likeness (QED) is 0.792. The topological polar surface area (TPSA) is 60.0 Å². The monoisotopic (exact) mass is 269 g/mol. The van der Waals surface area contributed by atoms with E-state index in [0.717, 1.165) is 23.3 Å². The predicted molar refractivity (Wildman–Crippen MR) is 75.9 cm³/mol. The maximum atomic E-state index is 11.4. The van der Waals surface area contributed by atoms with Gasteiger partial charge in [0.05, 0.1) is 17.6 Å². The van der Waals surface area contributed by atoms with Gasteiger partial charge in [-0.2, -0.15) is 0 Å². The van der Waals surface area contributed by atoms with Gasteiger partial charge in [0.1, 0.15) is 5.82 Å². The van der Waals surface area contributed by atoms with E-state index in [9.17, 15) is 9.90 Å². The standard InChI is InChI=1S/C15H15N3O2/c1-2-17-9-7-16-13(17)10-18-8-6-11-4-3-5-12(14(11)18)15(19)20/h3-9H,2,10H2,1H3,(H,19,20). The average molecular weight is 269 g/mol. The third-order valence-corrected chi connectivity index (χ3v) is 3.47. The minimum Gasteiger partial charge on any atom is -0.478 e. The van der Waals surface area contributed by atoms with E-state index < -0.39 is 5.97 Å². The van der Waals surface area contributed by atoms with Crippen LogP contribution in [0.4, 0.5) is 0 Å². The molecule has 1 aromatic carbocycles. The third-order valence-electron chi connectivity index (χ3n) is 3.47. The Kier molecular flexibility index (Phi) is 3.02. The number of aromatic nitrogens is 3. The molecule has 0 radical (unpaired) electrons. The zero-order valence-electron chi connectivity index (χ0n) is 11.2. The van der Waals surface area contributed by atoms with Crippen LogP contribution in [0.15, 0.2) is 42.9 Å². The Bertz CT molecular complexity index is 770. The second kappa shape index (κ2) is 4.85. The summed E-state index contributed by atoms with van der Waals surface area (Å²) >= 11 is 0. The molecule has 0 unspecified atom stereocenters. The first kappa shape index (κ1) is 12.5. The summed E-state index contributed by atoms with van der Waals surface area (Å²) in [5.74, 6) is 0.0135. The van der Waals surface area contributed by atoms with Gasteiger partial charge in [0.25, 0.3) is 0 Å². The summed E-state index contributed by atoms with van der Waals surface area (Å²) in [6.45, 7) is 3.47. The SMILES string of the molecule is CCn1ccnc1Cn1ccc2cccc(C(=O)O)c21. The molecule has 5 heteroatoms. The van der Waals surface area contributed by atoms with Crippen LogP contribution in [0.2, 0.25) is 0 Å². The third kappa shape index (κ3) is 1.97. The Balaban J connectivity index is 2.10. The number of rotatable bonds is 4. The van der Waals surface area contributed by atoms with Gasteiger partial charge in [-0.1, -0.05) is 12.1 Å². The Morgan fingerprint density at radius 3 is 2.85 bits per heavy atom. The smallest absolute Gasteiger partial charge is 0.337 e. The Morgan fingerprint density at radius 1 is 1.25 bits per heavy atom. The molecular weight excluding hydrogens is 254 g/mol. The number of benzene rings is 1. The van der Waals surface area contributed by atoms with Gasteiger partial charge in [0, 0.05) is 30.5 Å². The first-order chi connectivity index (χ1) is 9.70. The highest BCUT2D eigenvalue weighted by Gasteiger charge is 2.13. The van der Waals surface area contributed by atoms with Crippen LogP contribution in [0.1, 0.15) is 23.1 Å². The molecule has 0 aliphatic carbocycles. The number of carboxylic acid groups (broad SMARTS) is 1. The van der Waals surface area contributed by atoms with Crippen molar-refractivity contribution < 1.29 is 9.90 Å². The van der Waals surface area contributed by atoms with Crippen molar-refractivity contribution in [3.05, 3.63) is 54.2 Å². The second-order valence-corrected chi connectivity index (χ2v) is 4.62. The first-order valence-corrected chi connectivity index (χ1v) is 6.52. The van der Waals surface area contributed by atoms with Crippen LogP contribution < -0.4 is 0 Å². The largest absolute Gasteiger partial charge is 0.478 e. The van der Waals surface area contributed by atoms with Crippen molar-refractivity contribution in [1.82, 2.24) is 14.1 Å². The maximum Gasteiger partial charge on any atom is 0.337 e. The van der Waals surface area contributed by atoms with Gasteiger partial charge in [-0.05, 0) is 19.1 Å². The number of carboxylic acids is 1. The van der Waals surface area contributed by atoms with Gasteiger partial charge in [-0.15, -0.1) is 0 Å². The molecule has 0 bridgehead atoms. The molecule has 1 N–H and O–H groups in total. The van der Waals surface area contributed by atoms with E-state index >= 15 is 0 Å². The van der Waals surface area contributed by atoms with Gasteiger partial charge in [0.15, 0.2) is 0 Å². The highest BCUT2D eigenvalue weighted by Crippen LogP contribution is 2.21. The summed E-state index contributed by atoms with van der Waals surface area (Å²) in [6.07, 6.45) is 5.60. The lowest BCUT2D eigenvalue weighted by Gasteiger charge is -2.09. The van der Waals surface area contributed by atoms with Gasteiger partial charge in [-0.25, -0.2) is 9.78 Å². The summed E-state index contributed by atoms with van der Waals surface area (Å²) in [5.41, 5.74) is 1.06. The molecule has 2 heterocycles. The van der Waals surface area contributed by atoms with Crippen LogP contribution in [-0.2, 0) is 13.1 Å². The molecule has 0 aliphatic rings. The minimum atomic E-state index is -0.908. The van der Waals surface area contributed by atoms with E-state index in [2.05, 4.69) is 16.5 Å². The van der Waals surface area contributed by atoms with Gasteiger partial charge in [0.2, 0.25) is 0 Å². The number of aromatic carboxylic acids is 1. The highest BCUT2D eigenvalue weighted by atomic mass is 16.4. The molecule has 102 valence electrons. The molecule has 20 heavy (non-hydrogen) atoms. The van der Waals surface area contributed by atoms with E-state index in [0.29, 0.717) is 12.1 Å². The van der Waals surface area contributed by atoms with Crippen LogP contribution in [0, 0.1) is 0 Å². The molecule has 3 rings (SSSR count). The summed E-state index contributed by atoms with van der Waals surface area (Å²) in [5, 5.41) is 10.2. The fourth-order valence-corrected chi connectivity index (χ4v) is 2.50. The van der Waals surface area contributed by atoms with Crippen molar-refractivity contribution in [1.29, 1.82) is 0 Å². The Labute approximate surface area is 116 Å². The normalized spacial score (nSPS) is 11.1. The second-order valence-electron chi connectivity index (χ2n) is 4.62. The van der Waals surface area contributed by atoms with Crippen molar-refractivity contribution in [2.75, 3.05) is 0 Å². The molecular formula is C15H15N3O2. The van der Waals surface area contributed by atoms with E-state index in [4.69, 9.17) is 0 Å². The van der Waals surface area contributed by atoms with E-state index in [-0.39, 0.29) is 0 Å². The van der Waals surface area contributed by atoms with Crippen molar-refractivity contribution in [3.63, 3.8) is 0 Å². The lowest BCUT2D eigenvalue weighted by Crippen LogP contribution is -2.08. The number of para-hydroxylation sites is 1. The van der Waals surface area contributed by atoms with Gasteiger partial charge in [-0.3, -0.25) is 0 Å². The number of aryl methyl sites for hydroxylation is 1. The Hall–Kier alpha value is -2.56. The first-order valence-electron chi connectivity index (χ1n) is 6.52. The van der Waals surface area contributed by atoms with Crippen LogP contribution in [0.25, 0.3) is 10.9 Å². The zero-order valence-corrected chi connectivity index (χ0v) is 11.2. The van der Waals surface area contributed by atoms with E-state index in [1.165, 1.54) is 0 Å². The highest BCUT2D eigenvalue weighted by molar-refractivity contribution is 6.02. The molecule has 5 nitrogen and oxygen atoms in total. The molecule has 0 atom stereocenters. The summed E-state index contributed by atoms with van der Waals surface area (Å²) in [4.78, 5) is 15.7.